The number of esters is 1. The minimum absolute atomic E-state index is 0.0651. The van der Waals surface area contributed by atoms with Gasteiger partial charge in [-0.15, -0.1) is 0 Å². The van der Waals surface area contributed by atoms with Gasteiger partial charge in [0.05, 0.1) is 24.0 Å². The lowest BCUT2D eigenvalue weighted by Gasteiger charge is -2.22. The third-order valence-electron chi connectivity index (χ3n) is 3.14. The molecule has 0 aliphatic carbocycles. The van der Waals surface area contributed by atoms with E-state index in [4.69, 9.17) is 0 Å². The molecule has 2 aliphatic rings. The monoisotopic (exact) mass is 219 g/mol. The molecule has 2 fully saturated rings. The summed E-state index contributed by atoms with van der Waals surface area (Å²) in [4.78, 5) is 11.6. The second-order valence-electron chi connectivity index (χ2n) is 4.03. The van der Waals surface area contributed by atoms with E-state index in [9.17, 15) is 13.2 Å². The maximum atomic E-state index is 11.6. The fourth-order valence-electron chi connectivity index (χ4n) is 2.46. The molecule has 80 valence electrons. The van der Waals surface area contributed by atoms with Gasteiger partial charge in [-0.2, -0.15) is 0 Å². The van der Waals surface area contributed by atoms with Gasteiger partial charge in [0.2, 0.25) is 0 Å². The van der Waals surface area contributed by atoms with Crippen LogP contribution < -0.4 is 5.32 Å². The quantitative estimate of drug-likeness (QED) is 0.560. The van der Waals surface area contributed by atoms with E-state index in [1.807, 2.05) is 0 Å². The van der Waals surface area contributed by atoms with E-state index in [-0.39, 0.29) is 17.4 Å². The van der Waals surface area contributed by atoms with Gasteiger partial charge in [0.25, 0.3) is 0 Å². The Bertz CT molecular complexity index is 364. The van der Waals surface area contributed by atoms with E-state index >= 15 is 0 Å². The van der Waals surface area contributed by atoms with Crippen molar-refractivity contribution in [2.75, 3.05) is 31.7 Å². The molecule has 2 saturated heterocycles. The molecule has 0 saturated carbocycles. The Labute approximate surface area is 82.7 Å². The molecule has 1 N–H and O–H groups in total. The van der Waals surface area contributed by atoms with Gasteiger partial charge < -0.3 is 10.1 Å². The van der Waals surface area contributed by atoms with Gasteiger partial charge in [0.1, 0.15) is 0 Å². The van der Waals surface area contributed by atoms with Gasteiger partial charge in [0.15, 0.2) is 9.84 Å². The van der Waals surface area contributed by atoms with Crippen LogP contribution in [0, 0.1) is 11.3 Å². The third-order valence-corrected chi connectivity index (χ3v) is 5.00. The van der Waals surface area contributed by atoms with E-state index in [0.29, 0.717) is 13.1 Å². The highest BCUT2D eigenvalue weighted by Crippen LogP contribution is 2.41. The first kappa shape index (κ1) is 9.92. The van der Waals surface area contributed by atoms with Crippen LogP contribution in [0.1, 0.15) is 0 Å². The summed E-state index contributed by atoms with van der Waals surface area (Å²) in [5.41, 5.74) is -0.812. The Morgan fingerprint density at radius 3 is 2.93 bits per heavy atom. The molecule has 0 aromatic carbocycles. The molecule has 14 heavy (non-hydrogen) atoms. The summed E-state index contributed by atoms with van der Waals surface area (Å²) in [6.45, 7) is 1.01. The maximum Gasteiger partial charge on any atom is 0.314 e. The molecule has 2 rings (SSSR count). The topological polar surface area (TPSA) is 72.5 Å². The van der Waals surface area contributed by atoms with Crippen LogP contribution in [-0.4, -0.2) is 46.1 Å². The van der Waals surface area contributed by atoms with Crippen LogP contribution in [0.5, 0.6) is 0 Å². The van der Waals surface area contributed by atoms with Gasteiger partial charge >= 0.3 is 5.97 Å². The zero-order valence-electron chi connectivity index (χ0n) is 7.95. The first-order valence-corrected chi connectivity index (χ1v) is 6.32. The summed E-state index contributed by atoms with van der Waals surface area (Å²) in [6, 6.07) is 0. The average Bonchev–Trinajstić information content (AvgIpc) is 2.56. The second-order valence-corrected chi connectivity index (χ2v) is 6.14. The van der Waals surface area contributed by atoms with Crippen molar-refractivity contribution in [2.45, 2.75) is 0 Å². The van der Waals surface area contributed by atoms with E-state index in [1.54, 1.807) is 0 Å². The Morgan fingerprint density at radius 1 is 1.57 bits per heavy atom. The zero-order valence-corrected chi connectivity index (χ0v) is 8.76. The van der Waals surface area contributed by atoms with Gasteiger partial charge in [-0.05, 0) is 0 Å². The molecule has 0 aromatic heterocycles. The first-order valence-electron chi connectivity index (χ1n) is 4.50. The smallest absolute Gasteiger partial charge is 0.314 e. The third kappa shape index (κ3) is 1.25. The van der Waals surface area contributed by atoms with Gasteiger partial charge in [-0.25, -0.2) is 8.42 Å². The molecular weight excluding hydrogens is 206 g/mol. The number of rotatable bonds is 1. The fraction of sp³-hybridized carbons (Fsp3) is 0.875. The van der Waals surface area contributed by atoms with Crippen LogP contribution in [0.3, 0.4) is 0 Å². The summed E-state index contributed by atoms with van der Waals surface area (Å²) in [5, 5.41) is 3.05. The summed E-state index contributed by atoms with van der Waals surface area (Å²) in [5.74, 6) is -0.465. The maximum absolute atomic E-state index is 11.6. The van der Waals surface area contributed by atoms with Crippen molar-refractivity contribution in [3.8, 4) is 0 Å². The minimum atomic E-state index is -3.06. The lowest BCUT2D eigenvalue weighted by atomic mass is 9.81. The highest BCUT2D eigenvalue weighted by atomic mass is 32.2. The van der Waals surface area contributed by atoms with E-state index in [2.05, 4.69) is 10.1 Å². The van der Waals surface area contributed by atoms with Crippen LogP contribution in [0.2, 0.25) is 0 Å². The molecule has 0 amide bonds. The summed E-state index contributed by atoms with van der Waals surface area (Å²) >= 11 is 0. The van der Waals surface area contributed by atoms with Crippen molar-refractivity contribution in [2.24, 2.45) is 11.3 Å². The summed E-state index contributed by atoms with van der Waals surface area (Å²) in [7, 11) is -1.76. The van der Waals surface area contributed by atoms with Gasteiger partial charge in [-0.1, -0.05) is 0 Å². The van der Waals surface area contributed by atoms with Crippen molar-refractivity contribution in [1.29, 1.82) is 0 Å². The lowest BCUT2D eigenvalue weighted by molar-refractivity contribution is -0.151. The Kier molecular flexibility index (Phi) is 2.08. The van der Waals surface area contributed by atoms with E-state index < -0.39 is 21.2 Å². The van der Waals surface area contributed by atoms with Crippen molar-refractivity contribution in [3.05, 3.63) is 0 Å². The molecule has 2 atom stereocenters. The van der Waals surface area contributed by atoms with Crippen molar-refractivity contribution in [1.82, 2.24) is 5.32 Å². The standard InChI is InChI=1S/C8H13NO4S/c1-13-7(10)8-4-9-2-6(8)3-14(11,12)5-8/h6,9H,2-5H2,1H3. The van der Waals surface area contributed by atoms with Crippen molar-refractivity contribution >= 4 is 15.8 Å². The molecule has 5 nitrogen and oxygen atoms in total. The number of carbonyl (C=O) groups is 1. The summed E-state index contributed by atoms with van der Waals surface area (Å²) < 4.78 is 27.6. The SMILES string of the molecule is COC(=O)C12CNCC1CS(=O)(=O)C2. The number of fused-ring (bicyclic) bond motifs is 1. The normalized spacial score (nSPS) is 39.4. The molecule has 2 heterocycles. The first-order chi connectivity index (χ1) is 6.50. The van der Waals surface area contributed by atoms with Gasteiger partial charge in [0, 0.05) is 19.0 Å². The fourth-order valence-corrected chi connectivity index (χ4v) is 4.86. The van der Waals surface area contributed by atoms with E-state index in [1.165, 1.54) is 7.11 Å². The number of ether oxygens (including phenoxy) is 1. The number of carbonyl (C=O) groups excluding carboxylic acids is 1. The molecule has 0 bridgehead atoms. The predicted molar refractivity (Wildman–Crippen MR) is 49.5 cm³/mol. The lowest BCUT2D eigenvalue weighted by Crippen LogP contribution is -2.39. The highest BCUT2D eigenvalue weighted by molar-refractivity contribution is 7.91. The molecule has 6 heteroatoms. The minimum Gasteiger partial charge on any atom is -0.469 e. The van der Waals surface area contributed by atoms with E-state index in [0.717, 1.165) is 0 Å². The second kappa shape index (κ2) is 2.93. The number of hydrogen-bond acceptors (Lipinski definition) is 5. The predicted octanol–water partition coefficient (Wildman–Crippen LogP) is -1.21. The molecular formula is C8H13NO4S. The van der Waals surface area contributed by atoms with Crippen LogP contribution in [0.15, 0.2) is 0 Å². The Hall–Kier alpha value is -0.620. The Balaban J connectivity index is 2.37. The molecule has 2 aliphatic heterocycles. The molecule has 0 radical (unpaired) electrons. The zero-order chi connectivity index (χ0) is 10.4. The Morgan fingerprint density at radius 2 is 2.29 bits per heavy atom. The largest absolute Gasteiger partial charge is 0.469 e. The van der Waals surface area contributed by atoms with Crippen molar-refractivity contribution in [3.63, 3.8) is 0 Å². The van der Waals surface area contributed by atoms with Crippen molar-refractivity contribution < 1.29 is 17.9 Å². The number of methoxy groups -OCH3 is 1. The number of hydrogen-bond donors (Lipinski definition) is 1. The molecule has 0 aromatic rings. The number of sulfone groups is 1. The van der Waals surface area contributed by atoms with Crippen LogP contribution in [-0.2, 0) is 19.4 Å². The molecule has 2 unspecified atom stereocenters. The highest BCUT2D eigenvalue weighted by Gasteiger charge is 2.58. The average molecular weight is 219 g/mol. The summed E-state index contributed by atoms with van der Waals surface area (Å²) in [6.07, 6.45) is 0. The van der Waals surface area contributed by atoms with Crippen LogP contribution in [0.25, 0.3) is 0 Å². The van der Waals surface area contributed by atoms with Gasteiger partial charge in [-0.3, -0.25) is 4.79 Å². The van der Waals surface area contributed by atoms with Crippen LogP contribution in [0.4, 0.5) is 0 Å². The number of nitrogens with one attached hydrogen (secondary N) is 1. The van der Waals surface area contributed by atoms with Crippen LogP contribution >= 0.6 is 0 Å². The molecule has 0 spiro atoms.